The summed E-state index contributed by atoms with van der Waals surface area (Å²) in [4.78, 5) is 2.94. The number of hydrogen-bond acceptors (Lipinski definition) is 4. The SMILES string of the molecule is CCCNC(c1ccc(C)s1)C1CSC(C)C(C)S1. The van der Waals surface area contributed by atoms with Gasteiger partial charge in [-0.15, -0.1) is 11.3 Å². The summed E-state index contributed by atoms with van der Waals surface area (Å²) in [7, 11) is 0. The van der Waals surface area contributed by atoms with Gasteiger partial charge in [0.1, 0.15) is 0 Å². The van der Waals surface area contributed by atoms with Crippen molar-refractivity contribution in [2.75, 3.05) is 12.3 Å². The highest BCUT2D eigenvalue weighted by Gasteiger charge is 2.32. The van der Waals surface area contributed by atoms with Crippen LogP contribution in [0.2, 0.25) is 0 Å². The molecule has 1 nitrogen and oxygen atoms in total. The van der Waals surface area contributed by atoms with E-state index < -0.39 is 0 Å². The van der Waals surface area contributed by atoms with E-state index in [4.69, 9.17) is 0 Å². The Morgan fingerprint density at radius 3 is 2.68 bits per heavy atom. The van der Waals surface area contributed by atoms with E-state index in [1.54, 1.807) is 0 Å². The number of rotatable bonds is 5. The molecule has 0 amide bonds. The average molecular weight is 316 g/mol. The van der Waals surface area contributed by atoms with Crippen LogP contribution in [0, 0.1) is 6.92 Å². The zero-order valence-corrected chi connectivity index (χ0v) is 14.8. The largest absolute Gasteiger partial charge is 0.308 e. The third kappa shape index (κ3) is 4.16. The minimum absolute atomic E-state index is 0.533. The van der Waals surface area contributed by atoms with Gasteiger partial charge in [0.2, 0.25) is 0 Å². The molecule has 1 aliphatic rings. The second-order valence-corrected chi connectivity index (χ2v) is 9.65. The zero-order valence-electron chi connectivity index (χ0n) is 12.3. The molecule has 1 aromatic rings. The van der Waals surface area contributed by atoms with E-state index >= 15 is 0 Å². The molecule has 0 saturated carbocycles. The van der Waals surface area contributed by atoms with E-state index in [-0.39, 0.29) is 0 Å². The topological polar surface area (TPSA) is 12.0 Å². The Morgan fingerprint density at radius 1 is 1.32 bits per heavy atom. The summed E-state index contributed by atoms with van der Waals surface area (Å²) in [6.07, 6.45) is 1.21. The lowest BCUT2D eigenvalue weighted by molar-refractivity contribution is 0.535. The summed E-state index contributed by atoms with van der Waals surface area (Å²) < 4.78 is 0. The van der Waals surface area contributed by atoms with Gasteiger partial charge in [0.25, 0.3) is 0 Å². The fourth-order valence-corrected chi connectivity index (χ4v) is 6.53. The maximum absolute atomic E-state index is 3.78. The molecule has 2 heterocycles. The van der Waals surface area contributed by atoms with Crippen LogP contribution < -0.4 is 5.32 Å². The maximum atomic E-state index is 3.78. The van der Waals surface area contributed by atoms with Crippen molar-refractivity contribution in [3.63, 3.8) is 0 Å². The predicted molar refractivity (Wildman–Crippen MR) is 92.9 cm³/mol. The molecule has 4 unspecified atom stereocenters. The third-order valence-corrected chi connectivity index (χ3v) is 8.21. The van der Waals surface area contributed by atoms with E-state index in [1.807, 2.05) is 11.3 Å². The highest BCUT2D eigenvalue weighted by molar-refractivity contribution is 8.07. The molecular formula is C15H25NS3. The Balaban J connectivity index is 2.09. The van der Waals surface area contributed by atoms with Crippen molar-refractivity contribution in [3.8, 4) is 0 Å². The molecule has 0 spiro atoms. The Kier molecular flexibility index (Phi) is 6.12. The monoisotopic (exact) mass is 315 g/mol. The van der Waals surface area contributed by atoms with Crippen molar-refractivity contribution in [1.29, 1.82) is 0 Å². The van der Waals surface area contributed by atoms with Crippen molar-refractivity contribution in [1.82, 2.24) is 5.32 Å². The van der Waals surface area contributed by atoms with Crippen LogP contribution in [0.15, 0.2) is 12.1 Å². The van der Waals surface area contributed by atoms with Gasteiger partial charge in [0.15, 0.2) is 0 Å². The Labute approximate surface area is 130 Å². The van der Waals surface area contributed by atoms with Crippen LogP contribution in [0.1, 0.15) is 43.0 Å². The first-order chi connectivity index (χ1) is 9.11. The molecule has 0 bridgehead atoms. The summed E-state index contributed by atoms with van der Waals surface area (Å²) in [6.45, 7) is 10.3. The van der Waals surface area contributed by atoms with Gasteiger partial charge in [0, 0.05) is 31.3 Å². The minimum atomic E-state index is 0.533. The summed E-state index contributed by atoms with van der Waals surface area (Å²) in [5.41, 5.74) is 0. The number of aryl methyl sites for hydroxylation is 1. The van der Waals surface area contributed by atoms with Gasteiger partial charge < -0.3 is 5.32 Å². The Morgan fingerprint density at radius 2 is 2.11 bits per heavy atom. The smallest absolute Gasteiger partial charge is 0.0543 e. The zero-order chi connectivity index (χ0) is 13.8. The highest BCUT2D eigenvalue weighted by Crippen LogP contribution is 2.42. The van der Waals surface area contributed by atoms with Crippen molar-refractivity contribution in [3.05, 3.63) is 21.9 Å². The van der Waals surface area contributed by atoms with Gasteiger partial charge in [-0.25, -0.2) is 0 Å². The van der Waals surface area contributed by atoms with E-state index in [9.17, 15) is 0 Å². The summed E-state index contributed by atoms with van der Waals surface area (Å²) in [6, 6.07) is 5.11. The van der Waals surface area contributed by atoms with Crippen molar-refractivity contribution < 1.29 is 0 Å². The van der Waals surface area contributed by atoms with Gasteiger partial charge in [-0.05, 0) is 32.0 Å². The maximum Gasteiger partial charge on any atom is 0.0543 e. The Bertz CT molecular complexity index is 390. The second-order valence-electron chi connectivity index (χ2n) is 5.30. The molecule has 1 N–H and O–H groups in total. The standard InChI is InChI=1S/C15H25NS3/c1-5-8-16-15(13-7-6-10(2)18-13)14-9-17-11(3)12(4)19-14/h6-7,11-12,14-16H,5,8-9H2,1-4H3. The second kappa shape index (κ2) is 7.39. The molecule has 4 heteroatoms. The fraction of sp³-hybridized carbons (Fsp3) is 0.733. The highest BCUT2D eigenvalue weighted by atomic mass is 32.2. The van der Waals surface area contributed by atoms with E-state index in [2.05, 4.69) is 68.7 Å². The molecule has 1 aromatic heterocycles. The van der Waals surface area contributed by atoms with E-state index in [1.165, 1.54) is 21.9 Å². The van der Waals surface area contributed by atoms with Crippen molar-refractivity contribution in [2.45, 2.75) is 55.9 Å². The average Bonchev–Trinajstić information content (AvgIpc) is 2.80. The quantitative estimate of drug-likeness (QED) is 0.844. The molecule has 1 aliphatic heterocycles. The molecule has 0 radical (unpaired) electrons. The van der Waals surface area contributed by atoms with E-state index in [0.717, 1.165) is 17.0 Å². The molecular weight excluding hydrogens is 290 g/mol. The van der Waals surface area contributed by atoms with Crippen molar-refractivity contribution >= 4 is 34.9 Å². The number of thiophene rings is 1. The van der Waals surface area contributed by atoms with Crippen molar-refractivity contribution in [2.24, 2.45) is 0 Å². The normalized spacial score (nSPS) is 29.4. The number of nitrogens with one attached hydrogen (secondary N) is 1. The molecule has 19 heavy (non-hydrogen) atoms. The van der Waals surface area contributed by atoms with Crippen LogP contribution in [-0.4, -0.2) is 28.0 Å². The lowest BCUT2D eigenvalue weighted by Crippen LogP contribution is -2.37. The fourth-order valence-electron chi connectivity index (χ4n) is 2.32. The molecule has 4 atom stereocenters. The number of thioether (sulfide) groups is 2. The van der Waals surface area contributed by atoms with E-state index in [0.29, 0.717) is 11.3 Å². The van der Waals surface area contributed by atoms with Crippen LogP contribution in [0.25, 0.3) is 0 Å². The third-order valence-electron chi connectivity index (χ3n) is 3.63. The van der Waals surface area contributed by atoms with Crippen LogP contribution in [0.5, 0.6) is 0 Å². The summed E-state index contributed by atoms with van der Waals surface area (Å²) in [5, 5.41) is 6.04. The molecule has 2 rings (SSSR count). The lowest BCUT2D eigenvalue weighted by Gasteiger charge is -2.36. The van der Waals surface area contributed by atoms with Gasteiger partial charge in [0.05, 0.1) is 6.04 Å². The molecule has 1 fully saturated rings. The predicted octanol–water partition coefficient (Wildman–Crippen LogP) is 4.72. The van der Waals surface area contributed by atoms with Gasteiger partial charge in [-0.1, -0.05) is 20.8 Å². The molecule has 1 saturated heterocycles. The summed E-state index contributed by atoms with van der Waals surface area (Å²) in [5.74, 6) is 1.27. The van der Waals surface area contributed by atoms with Gasteiger partial charge in [-0.3, -0.25) is 0 Å². The van der Waals surface area contributed by atoms with Crippen LogP contribution in [0.3, 0.4) is 0 Å². The van der Waals surface area contributed by atoms with Crippen LogP contribution >= 0.6 is 34.9 Å². The number of hydrogen-bond donors (Lipinski definition) is 1. The molecule has 108 valence electrons. The molecule has 0 aliphatic carbocycles. The summed E-state index contributed by atoms with van der Waals surface area (Å²) >= 11 is 6.28. The minimum Gasteiger partial charge on any atom is -0.308 e. The van der Waals surface area contributed by atoms with Gasteiger partial charge in [-0.2, -0.15) is 23.5 Å². The van der Waals surface area contributed by atoms with Crippen LogP contribution in [0.4, 0.5) is 0 Å². The van der Waals surface area contributed by atoms with Crippen LogP contribution in [-0.2, 0) is 0 Å². The first kappa shape index (κ1) is 15.7. The van der Waals surface area contributed by atoms with Gasteiger partial charge >= 0.3 is 0 Å². The first-order valence-electron chi connectivity index (χ1n) is 7.18. The first-order valence-corrected chi connectivity index (χ1v) is 9.99. The lowest BCUT2D eigenvalue weighted by atomic mass is 10.1. The Hall–Kier alpha value is 0.360. The molecule has 0 aromatic carbocycles.